The highest BCUT2D eigenvalue weighted by molar-refractivity contribution is 7.09. The van der Waals surface area contributed by atoms with Crippen LogP contribution in [-0.2, 0) is 11.2 Å². The summed E-state index contributed by atoms with van der Waals surface area (Å²) in [4.78, 5) is 16.2. The standard InChI is InChI=1S/C12H16N4OS/c1-9-8-18-11(15-9)4-6-13-12(17)10(2)16-7-3-5-14-16/h3,5,7-8,10H,4,6H2,1-2H3,(H,13,17)/t10-/m1/s1. The van der Waals surface area contributed by atoms with Crippen molar-refractivity contribution in [2.75, 3.05) is 6.54 Å². The fraction of sp³-hybridized carbons (Fsp3) is 0.417. The number of hydrogen-bond donors (Lipinski definition) is 1. The molecule has 96 valence electrons. The van der Waals surface area contributed by atoms with Gasteiger partial charge in [0, 0.05) is 36.4 Å². The van der Waals surface area contributed by atoms with Gasteiger partial charge in [0.05, 0.1) is 5.01 Å². The van der Waals surface area contributed by atoms with Crippen LogP contribution < -0.4 is 5.32 Å². The van der Waals surface area contributed by atoms with E-state index in [1.54, 1.807) is 28.4 Å². The van der Waals surface area contributed by atoms with Crippen molar-refractivity contribution < 1.29 is 4.79 Å². The van der Waals surface area contributed by atoms with Crippen molar-refractivity contribution in [1.29, 1.82) is 0 Å². The third-order valence-corrected chi connectivity index (χ3v) is 3.63. The highest BCUT2D eigenvalue weighted by Crippen LogP contribution is 2.09. The number of aromatic nitrogens is 3. The molecule has 1 amide bonds. The van der Waals surface area contributed by atoms with E-state index in [-0.39, 0.29) is 11.9 Å². The first kappa shape index (κ1) is 12.8. The molecule has 1 N–H and O–H groups in total. The van der Waals surface area contributed by atoms with Gasteiger partial charge >= 0.3 is 0 Å². The highest BCUT2D eigenvalue weighted by Gasteiger charge is 2.14. The van der Waals surface area contributed by atoms with Crippen LogP contribution in [0.1, 0.15) is 23.7 Å². The molecule has 0 aliphatic carbocycles. The molecule has 0 fully saturated rings. The van der Waals surface area contributed by atoms with Gasteiger partial charge in [-0.2, -0.15) is 5.10 Å². The van der Waals surface area contributed by atoms with Crippen LogP contribution in [0.3, 0.4) is 0 Å². The number of thiazole rings is 1. The first-order valence-electron chi connectivity index (χ1n) is 5.84. The molecule has 0 bridgehead atoms. The SMILES string of the molecule is Cc1csc(CCNC(=O)[C@@H](C)n2cccn2)n1. The van der Waals surface area contributed by atoms with Crippen molar-refractivity contribution in [2.45, 2.75) is 26.3 Å². The van der Waals surface area contributed by atoms with E-state index in [0.717, 1.165) is 17.1 Å². The van der Waals surface area contributed by atoms with Gasteiger partial charge in [-0.25, -0.2) is 4.98 Å². The average molecular weight is 264 g/mol. The Morgan fingerprint density at radius 3 is 3.06 bits per heavy atom. The smallest absolute Gasteiger partial charge is 0.244 e. The summed E-state index contributed by atoms with van der Waals surface area (Å²) in [5.41, 5.74) is 1.03. The van der Waals surface area contributed by atoms with Gasteiger partial charge in [-0.1, -0.05) is 0 Å². The van der Waals surface area contributed by atoms with E-state index in [4.69, 9.17) is 0 Å². The maximum atomic E-state index is 11.8. The van der Waals surface area contributed by atoms with Gasteiger partial charge in [0.2, 0.25) is 5.91 Å². The van der Waals surface area contributed by atoms with E-state index in [0.29, 0.717) is 6.54 Å². The van der Waals surface area contributed by atoms with Crippen molar-refractivity contribution >= 4 is 17.2 Å². The van der Waals surface area contributed by atoms with E-state index in [2.05, 4.69) is 15.4 Å². The lowest BCUT2D eigenvalue weighted by molar-refractivity contribution is -0.124. The molecule has 0 saturated heterocycles. The molecule has 0 aliphatic rings. The van der Waals surface area contributed by atoms with Gasteiger partial charge in [-0.15, -0.1) is 11.3 Å². The molecule has 0 unspecified atom stereocenters. The minimum Gasteiger partial charge on any atom is -0.354 e. The second-order valence-corrected chi connectivity index (χ2v) is 5.03. The molecule has 5 nitrogen and oxygen atoms in total. The van der Waals surface area contributed by atoms with E-state index in [1.165, 1.54) is 0 Å². The lowest BCUT2D eigenvalue weighted by Gasteiger charge is -2.11. The van der Waals surface area contributed by atoms with Gasteiger partial charge in [0.25, 0.3) is 0 Å². The second-order valence-electron chi connectivity index (χ2n) is 4.09. The van der Waals surface area contributed by atoms with Gasteiger partial charge in [-0.3, -0.25) is 9.48 Å². The Hall–Kier alpha value is -1.69. The number of amides is 1. The number of hydrogen-bond acceptors (Lipinski definition) is 4. The van der Waals surface area contributed by atoms with Crippen molar-refractivity contribution in [3.8, 4) is 0 Å². The largest absolute Gasteiger partial charge is 0.354 e. The molecule has 0 aliphatic heterocycles. The molecule has 0 aromatic carbocycles. The summed E-state index contributed by atoms with van der Waals surface area (Å²) in [7, 11) is 0. The molecule has 2 aromatic heterocycles. The van der Waals surface area contributed by atoms with Crippen molar-refractivity contribution in [3.05, 3.63) is 34.5 Å². The number of nitrogens with one attached hydrogen (secondary N) is 1. The number of carbonyl (C=O) groups excluding carboxylic acids is 1. The first-order valence-corrected chi connectivity index (χ1v) is 6.72. The Morgan fingerprint density at radius 2 is 2.44 bits per heavy atom. The Morgan fingerprint density at radius 1 is 1.61 bits per heavy atom. The second kappa shape index (κ2) is 5.77. The van der Waals surface area contributed by atoms with Gasteiger partial charge in [-0.05, 0) is 19.9 Å². The van der Waals surface area contributed by atoms with Crippen molar-refractivity contribution in [1.82, 2.24) is 20.1 Å². The van der Waals surface area contributed by atoms with Crippen molar-refractivity contribution in [3.63, 3.8) is 0 Å². The van der Waals surface area contributed by atoms with Crippen LogP contribution in [0.5, 0.6) is 0 Å². The zero-order valence-electron chi connectivity index (χ0n) is 10.5. The van der Waals surface area contributed by atoms with Crippen LogP contribution in [0.15, 0.2) is 23.8 Å². The molecule has 6 heteroatoms. The summed E-state index contributed by atoms with van der Waals surface area (Å²) in [6.07, 6.45) is 4.23. The highest BCUT2D eigenvalue weighted by atomic mass is 32.1. The topological polar surface area (TPSA) is 59.8 Å². The number of aryl methyl sites for hydroxylation is 1. The minimum atomic E-state index is -0.280. The van der Waals surface area contributed by atoms with Crippen LogP contribution in [0.2, 0.25) is 0 Å². The molecule has 2 heterocycles. The van der Waals surface area contributed by atoms with Crippen molar-refractivity contribution in [2.24, 2.45) is 0 Å². The van der Waals surface area contributed by atoms with Crippen LogP contribution in [0.4, 0.5) is 0 Å². The van der Waals surface area contributed by atoms with Gasteiger partial charge < -0.3 is 5.32 Å². The fourth-order valence-electron chi connectivity index (χ4n) is 1.59. The lowest BCUT2D eigenvalue weighted by Crippen LogP contribution is -2.32. The third kappa shape index (κ3) is 3.16. The van der Waals surface area contributed by atoms with E-state index < -0.39 is 0 Å². The molecule has 18 heavy (non-hydrogen) atoms. The Labute approximate surface area is 110 Å². The predicted octanol–water partition coefficient (Wildman–Crippen LogP) is 1.57. The van der Waals surface area contributed by atoms with Gasteiger partial charge in [0.1, 0.15) is 6.04 Å². The van der Waals surface area contributed by atoms with Crippen LogP contribution in [0.25, 0.3) is 0 Å². The normalized spacial score (nSPS) is 12.3. The molecular weight excluding hydrogens is 248 g/mol. The van der Waals surface area contributed by atoms with Gasteiger partial charge in [0.15, 0.2) is 0 Å². The van der Waals surface area contributed by atoms with Crippen LogP contribution >= 0.6 is 11.3 Å². The Kier molecular flexibility index (Phi) is 4.09. The zero-order valence-corrected chi connectivity index (χ0v) is 11.3. The first-order chi connectivity index (χ1) is 8.66. The monoisotopic (exact) mass is 264 g/mol. The van der Waals surface area contributed by atoms with E-state index in [1.807, 2.05) is 25.3 Å². The lowest BCUT2D eigenvalue weighted by atomic mass is 10.3. The summed E-state index contributed by atoms with van der Waals surface area (Å²) < 4.78 is 1.64. The minimum absolute atomic E-state index is 0.0213. The van der Waals surface area contributed by atoms with E-state index in [9.17, 15) is 4.79 Å². The Balaban J connectivity index is 1.78. The summed E-state index contributed by atoms with van der Waals surface area (Å²) in [6, 6.07) is 1.53. The number of nitrogens with zero attached hydrogens (tertiary/aromatic N) is 3. The average Bonchev–Trinajstić information content (AvgIpc) is 2.99. The summed E-state index contributed by atoms with van der Waals surface area (Å²) in [5, 5.41) is 10.0. The molecule has 0 saturated carbocycles. The number of carbonyl (C=O) groups is 1. The third-order valence-electron chi connectivity index (χ3n) is 2.61. The summed E-state index contributed by atoms with van der Waals surface area (Å²) in [5.74, 6) is -0.0213. The molecule has 1 atom stereocenters. The van der Waals surface area contributed by atoms with E-state index >= 15 is 0 Å². The maximum absolute atomic E-state index is 11.8. The zero-order chi connectivity index (χ0) is 13.0. The quantitative estimate of drug-likeness (QED) is 0.891. The predicted molar refractivity (Wildman–Crippen MR) is 70.5 cm³/mol. The summed E-state index contributed by atoms with van der Waals surface area (Å²) in [6.45, 7) is 4.41. The van der Waals surface area contributed by atoms with Crippen LogP contribution in [-0.4, -0.2) is 27.2 Å². The molecule has 2 aromatic rings. The number of rotatable bonds is 5. The van der Waals surface area contributed by atoms with Crippen LogP contribution in [0, 0.1) is 6.92 Å². The molecule has 2 rings (SSSR count). The molecular formula is C12H16N4OS. The summed E-state index contributed by atoms with van der Waals surface area (Å²) >= 11 is 1.63. The Bertz CT molecular complexity index is 506. The fourth-order valence-corrected chi connectivity index (χ4v) is 2.36. The molecule has 0 spiro atoms. The maximum Gasteiger partial charge on any atom is 0.244 e. The molecule has 0 radical (unpaired) electrons.